The zero-order chi connectivity index (χ0) is 22.1. The van der Waals surface area contributed by atoms with Crippen LogP contribution in [0.25, 0.3) is 0 Å². The fourth-order valence-corrected chi connectivity index (χ4v) is 1.44. The molecule has 0 aromatic carbocycles. The third kappa shape index (κ3) is 25.2. The summed E-state index contributed by atoms with van der Waals surface area (Å²) in [5.74, 6) is 0. The van der Waals surface area contributed by atoms with E-state index in [1.54, 1.807) is 0 Å². The molecule has 0 atom stereocenters. The van der Waals surface area contributed by atoms with Crippen LogP contribution < -0.4 is 5.43 Å². The predicted molar refractivity (Wildman–Crippen MR) is 126 cm³/mol. The van der Waals surface area contributed by atoms with Gasteiger partial charge in [0.05, 0.1) is 0 Å². The molecule has 160 valence electrons. The van der Waals surface area contributed by atoms with Crippen molar-refractivity contribution in [3.8, 4) is 0 Å². The zero-order valence-corrected chi connectivity index (χ0v) is 20.9. The van der Waals surface area contributed by atoms with Crippen molar-refractivity contribution in [2.24, 2.45) is 0 Å². The zero-order valence-electron chi connectivity index (χ0n) is 20.9. The Morgan fingerprint density at radius 1 is 0.615 bits per heavy atom. The molecule has 1 aromatic heterocycles. The van der Waals surface area contributed by atoms with E-state index in [2.05, 4.69) is 46.5 Å². The molecule has 0 unspecified atom stereocenters. The van der Waals surface area contributed by atoms with E-state index in [4.69, 9.17) is 0 Å². The summed E-state index contributed by atoms with van der Waals surface area (Å²) in [4.78, 5) is 14.5. The molecule has 0 fully saturated rings. The number of hydrogen-bond acceptors (Lipinski definition) is 1. The molecule has 0 bridgehead atoms. The second kappa shape index (κ2) is 31.7. The fraction of sp³-hybridized carbons (Fsp3) is 0.792. The molecule has 1 N–H and O–H groups in total. The first-order valence-corrected chi connectivity index (χ1v) is 10.9. The molecule has 0 aliphatic carbocycles. The fourth-order valence-electron chi connectivity index (χ4n) is 1.44. The van der Waals surface area contributed by atoms with Crippen molar-refractivity contribution in [3.05, 3.63) is 32.7 Å². The minimum absolute atomic E-state index is 0.166. The smallest absolute Gasteiger partial charge is 0.187 e. The van der Waals surface area contributed by atoms with Gasteiger partial charge in [-0.05, 0) is 27.7 Å². The first kappa shape index (κ1) is 36.0. The molecule has 26 heavy (non-hydrogen) atoms. The summed E-state index contributed by atoms with van der Waals surface area (Å²) in [6.45, 7) is 28.5. The summed E-state index contributed by atoms with van der Waals surface area (Å²) >= 11 is 0. The third-order valence-corrected chi connectivity index (χ3v) is 2.89. The van der Waals surface area contributed by atoms with Crippen molar-refractivity contribution in [1.82, 2.24) is 4.98 Å². The molecule has 0 radical (unpaired) electrons. The first-order chi connectivity index (χ1) is 12.3. The monoisotopic (exact) mass is 371 g/mol. The number of aryl methyl sites for hydroxylation is 2. The average Bonchev–Trinajstić information content (AvgIpc) is 2.64. The standard InChI is InChI=1S/C9H13NO.C5H12.2C3H8.2C2H6/c1-5-7(3)10-8(4)6(2)9(5)11;1-3-5-4-2;2*1-3-2;2*1-2/h1-4H3,(H,10,11);3-5H2,1-2H3;2*3H2,1-2H3;2*1-2H3. The van der Waals surface area contributed by atoms with Crippen LogP contribution in [0.3, 0.4) is 0 Å². The lowest BCUT2D eigenvalue weighted by Gasteiger charge is -2.04. The van der Waals surface area contributed by atoms with Crippen LogP contribution >= 0.6 is 0 Å². The van der Waals surface area contributed by atoms with Crippen LogP contribution in [0.5, 0.6) is 0 Å². The topological polar surface area (TPSA) is 32.9 Å². The van der Waals surface area contributed by atoms with Crippen LogP contribution in [0.2, 0.25) is 0 Å². The number of hydrogen-bond donors (Lipinski definition) is 1. The lowest BCUT2D eigenvalue weighted by molar-refractivity contribution is 0.772. The van der Waals surface area contributed by atoms with Gasteiger partial charge in [0, 0.05) is 22.5 Å². The average molecular weight is 372 g/mol. The van der Waals surface area contributed by atoms with E-state index in [1.165, 1.54) is 32.1 Å². The van der Waals surface area contributed by atoms with Crippen molar-refractivity contribution < 1.29 is 0 Å². The Balaban J connectivity index is -0.0000000827. The van der Waals surface area contributed by atoms with Gasteiger partial charge in [0.2, 0.25) is 0 Å². The highest BCUT2D eigenvalue weighted by Gasteiger charge is 2.03. The second-order valence-electron chi connectivity index (χ2n) is 5.72. The van der Waals surface area contributed by atoms with E-state index in [0.29, 0.717) is 0 Å². The number of rotatable bonds is 2. The van der Waals surface area contributed by atoms with Crippen molar-refractivity contribution in [1.29, 1.82) is 0 Å². The van der Waals surface area contributed by atoms with Gasteiger partial charge >= 0.3 is 0 Å². The summed E-state index contributed by atoms with van der Waals surface area (Å²) in [7, 11) is 0. The number of pyridine rings is 1. The highest BCUT2D eigenvalue weighted by molar-refractivity contribution is 5.27. The van der Waals surface area contributed by atoms with E-state index in [0.717, 1.165) is 22.5 Å². The van der Waals surface area contributed by atoms with Gasteiger partial charge in [0.1, 0.15) is 0 Å². The van der Waals surface area contributed by atoms with Gasteiger partial charge < -0.3 is 4.98 Å². The quantitative estimate of drug-likeness (QED) is 0.554. The maximum absolute atomic E-state index is 11.4. The summed E-state index contributed by atoms with van der Waals surface area (Å²) in [5, 5.41) is 0. The van der Waals surface area contributed by atoms with Crippen LogP contribution in [0.15, 0.2) is 4.79 Å². The Hall–Kier alpha value is -1.05. The summed E-state index contributed by atoms with van der Waals surface area (Å²) < 4.78 is 0. The predicted octanol–water partition coefficient (Wildman–Crippen LogP) is 8.69. The molecule has 0 saturated carbocycles. The molecule has 0 amide bonds. The maximum Gasteiger partial charge on any atom is 0.187 e. The molecule has 0 saturated heterocycles. The normalized spacial score (nSPS) is 7.77. The van der Waals surface area contributed by atoms with Crippen LogP contribution in [-0.4, -0.2) is 4.98 Å². The van der Waals surface area contributed by atoms with E-state index in [1.807, 2.05) is 55.4 Å². The summed E-state index contributed by atoms with van der Waals surface area (Å²) in [5.41, 5.74) is 3.76. The third-order valence-electron chi connectivity index (χ3n) is 2.89. The number of nitrogens with one attached hydrogen (secondary N) is 1. The Kier molecular flexibility index (Phi) is 43.8. The molecular formula is C24H53NO. The van der Waals surface area contributed by atoms with E-state index in [9.17, 15) is 4.79 Å². The largest absolute Gasteiger partial charge is 0.362 e. The number of aromatic nitrogens is 1. The molecule has 1 aromatic rings. The lowest BCUT2D eigenvalue weighted by Crippen LogP contribution is -2.14. The van der Waals surface area contributed by atoms with Crippen LogP contribution in [0.4, 0.5) is 0 Å². The Bertz CT molecular complexity index is 372. The van der Waals surface area contributed by atoms with Crippen molar-refractivity contribution >= 4 is 0 Å². The van der Waals surface area contributed by atoms with Crippen molar-refractivity contribution in [2.45, 2.75) is 129 Å². The van der Waals surface area contributed by atoms with E-state index in [-0.39, 0.29) is 5.43 Å². The van der Waals surface area contributed by atoms with E-state index >= 15 is 0 Å². The SMILES string of the molecule is CC.CC.CCC.CCC.CCCCC.Cc1[nH]c(C)c(C)c(=O)c1C. The first-order valence-electron chi connectivity index (χ1n) is 10.9. The van der Waals surface area contributed by atoms with Gasteiger partial charge in [-0.3, -0.25) is 4.79 Å². The Labute approximate surface area is 167 Å². The molecular weight excluding hydrogens is 318 g/mol. The van der Waals surface area contributed by atoms with Gasteiger partial charge in [0.25, 0.3) is 0 Å². The molecule has 1 heterocycles. The van der Waals surface area contributed by atoms with E-state index < -0.39 is 0 Å². The van der Waals surface area contributed by atoms with Gasteiger partial charge in [-0.15, -0.1) is 0 Å². The van der Waals surface area contributed by atoms with Gasteiger partial charge in [-0.1, -0.05) is 101 Å². The molecule has 2 nitrogen and oxygen atoms in total. The van der Waals surface area contributed by atoms with Gasteiger partial charge in [-0.25, -0.2) is 0 Å². The molecule has 0 aliphatic rings. The van der Waals surface area contributed by atoms with Gasteiger partial charge in [0.15, 0.2) is 5.43 Å². The molecule has 0 aliphatic heterocycles. The van der Waals surface area contributed by atoms with Crippen molar-refractivity contribution in [2.75, 3.05) is 0 Å². The Morgan fingerprint density at radius 3 is 1.00 bits per heavy atom. The number of unbranched alkanes of at least 4 members (excludes halogenated alkanes) is 2. The minimum Gasteiger partial charge on any atom is -0.362 e. The van der Waals surface area contributed by atoms with Crippen LogP contribution in [0, 0.1) is 27.7 Å². The second-order valence-corrected chi connectivity index (χ2v) is 5.72. The highest BCUT2D eigenvalue weighted by atomic mass is 16.1. The lowest BCUT2D eigenvalue weighted by atomic mass is 10.1. The molecule has 1 rings (SSSR count). The summed E-state index contributed by atoms with van der Waals surface area (Å²) in [6.07, 6.45) is 6.58. The minimum atomic E-state index is 0.166. The summed E-state index contributed by atoms with van der Waals surface area (Å²) in [6, 6.07) is 0. The highest BCUT2D eigenvalue weighted by Crippen LogP contribution is 2.02. The number of aromatic amines is 1. The van der Waals surface area contributed by atoms with Gasteiger partial charge in [-0.2, -0.15) is 0 Å². The number of H-pyrrole nitrogens is 1. The Morgan fingerprint density at radius 2 is 0.846 bits per heavy atom. The van der Waals surface area contributed by atoms with Crippen LogP contribution in [0.1, 0.15) is 124 Å². The molecule has 2 heteroatoms. The molecule has 0 spiro atoms. The van der Waals surface area contributed by atoms with Crippen molar-refractivity contribution in [3.63, 3.8) is 0 Å². The maximum atomic E-state index is 11.4. The van der Waals surface area contributed by atoms with Crippen LogP contribution in [-0.2, 0) is 0 Å².